The number of halogens is 1. The number of carbonyl (C=O) groups is 1. The van der Waals surface area contributed by atoms with Crippen LogP contribution in [-0.2, 0) is 4.79 Å². The van der Waals surface area contributed by atoms with Crippen LogP contribution in [0.15, 0.2) is 12.4 Å². The van der Waals surface area contributed by atoms with Gasteiger partial charge in [0.25, 0.3) is 0 Å². The molecule has 0 aliphatic carbocycles. The van der Waals surface area contributed by atoms with Crippen molar-refractivity contribution in [1.82, 2.24) is 9.97 Å². The summed E-state index contributed by atoms with van der Waals surface area (Å²) in [5.41, 5.74) is 0. The van der Waals surface area contributed by atoms with Gasteiger partial charge in [-0.1, -0.05) is 15.9 Å². The van der Waals surface area contributed by atoms with Crippen LogP contribution in [0.4, 0.5) is 5.95 Å². The molecule has 2 N–H and O–H groups in total. The van der Waals surface area contributed by atoms with Crippen molar-refractivity contribution >= 4 is 27.8 Å². The second-order valence-electron chi connectivity index (χ2n) is 2.63. The topological polar surface area (TPSA) is 57.8 Å². The van der Waals surface area contributed by atoms with Gasteiger partial charge in [0.15, 0.2) is 0 Å². The molecule has 0 unspecified atom stereocenters. The van der Waals surface area contributed by atoms with Crippen LogP contribution in [0.2, 0.25) is 0 Å². The van der Waals surface area contributed by atoms with E-state index in [1.54, 1.807) is 12.4 Å². The van der Waals surface area contributed by atoms with Crippen molar-refractivity contribution in [3.63, 3.8) is 0 Å². The fraction of sp³-hybridized carbons (Fsp3) is 0.500. The van der Waals surface area contributed by atoms with Crippen molar-refractivity contribution in [3.05, 3.63) is 12.4 Å². The van der Waals surface area contributed by atoms with Crippen LogP contribution in [-0.4, -0.2) is 21.2 Å². The highest BCUT2D eigenvalue weighted by atomic mass is 79.9. The van der Waals surface area contributed by atoms with Crippen LogP contribution in [0.5, 0.6) is 0 Å². The number of unbranched alkanes of at least 4 members (excludes halogenated alkanes) is 1. The van der Waals surface area contributed by atoms with Gasteiger partial charge in [-0.2, -0.15) is 0 Å². The zero-order chi connectivity index (χ0) is 9.52. The van der Waals surface area contributed by atoms with Gasteiger partial charge in [0.1, 0.15) is 0 Å². The summed E-state index contributed by atoms with van der Waals surface area (Å²) in [7, 11) is 0. The predicted molar refractivity (Wildman–Crippen MR) is 54.9 cm³/mol. The highest BCUT2D eigenvalue weighted by Crippen LogP contribution is 2.01. The maximum absolute atomic E-state index is 11.2. The first-order chi connectivity index (χ1) is 6.33. The SMILES string of the molecule is O=C(CCCCBr)Nc1ncc[nH]1. The third-order valence-corrected chi connectivity index (χ3v) is 2.10. The van der Waals surface area contributed by atoms with E-state index >= 15 is 0 Å². The smallest absolute Gasteiger partial charge is 0.226 e. The summed E-state index contributed by atoms with van der Waals surface area (Å²) < 4.78 is 0. The van der Waals surface area contributed by atoms with Crippen LogP contribution in [0, 0.1) is 0 Å². The Morgan fingerprint density at radius 3 is 3.08 bits per heavy atom. The number of hydrogen-bond acceptors (Lipinski definition) is 2. The summed E-state index contributed by atoms with van der Waals surface area (Å²) in [4.78, 5) is 17.9. The first-order valence-electron chi connectivity index (χ1n) is 4.18. The third-order valence-electron chi connectivity index (χ3n) is 1.54. The average molecular weight is 246 g/mol. The lowest BCUT2D eigenvalue weighted by molar-refractivity contribution is -0.116. The standard InChI is InChI=1S/C8H12BrN3O/c9-4-2-1-3-7(13)12-8-10-5-6-11-8/h5-6H,1-4H2,(H2,10,11,12,13). The Morgan fingerprint density at radius 2 is 2.46 bits per heavy atom. The molecule has 5 heteroatoms. The second-order valence-corrected chi connectivity index (χ2v) is 3.43. The third kappa shape index (κ3) is 4.07. The molecule has 13 heavy (non-hydrogen) atoms. The van der Waals surface area contributed by atoms with E-state index in [0.29, 0.717) is 12.4 Å². The average Bonchev–Trinajstić information content (AvgIpc) is 2.57. The minimum absolute atomic E-state index is 0.0101. The van der Waals surface area contributed by atoms with Gasteiger partial charge in [0.2, 0.25) is 11.9 Å². The van der Waals surface area contributed by atoms with E-state index in [1.807, 2.05) is 0 Å². The zero-order valence-corrected chi connectivity index (χ0v) is 8.80. The molecule has 0 aromatic carbocycles. The maximum atomic E-state index is 11.2. The number of imidazole rings is 1. The summed E-state index contributed by atoms with van der Waals surface area (Å²) >= 11 is 3.31. The summed E-state index contributed by atoms with van der Waals surface area (Å²) in [5.74, 6) is 0.528. The zero-order valence-electron chi connectivity index (χ0n) is 7.22. The molecule has 0 aliphatic rings. The molecular formula is C8H12BrN3O. The molecule has 0 saturated carbocycles. The van der Waals surface area contributed by atoms with Gasteiger partial charge in [-0.15, -0.1) is 0 Å². The molecule has 4 nitrogen and oxygen atoms in total. The van der Waals surface area contributed by atoms with Crippen LogP contribution in [0.3, 0.4) is 0 Å². The molecule has 1 amide bonds. The van der Waals surface area contributed by atoms with E-state index in [9.17, 15) is 4.79 Å². The molecule has 0 fully saturated rings. The molecule has 0 saturated heterocycles. The quantitative estimate of drug-likeness (QED) is 0.615. The lowest BCUT2D eigenvalue weighted by atomic mass is 10.2. The Labute approximate surface area is 85.3 Å². The number of rotatable bonds is 5. The molecule has 0 radical (unpaired) electrons. The van der Waals surface area contributed by atoms with Crippen LogP contribution < -0.4 is 5.32 Å². The maximum Gasteiger partial charge on any atom is 0.226 e. The number of H-pyrrole nitrogens is 1. The van der Waals surface area contributed by atoms with E-state index in [2.05, 4.69) is 31.2 Å². The van der Waals surface area contributed by atoms with Crippen LogP contribution in [0.1, 0.15) is 19.3 Å². The van der Waals surface area contributed by atoms with Gasteiger partial charge in [0.05, 0.1) is 0 Å². The van der Waals surface area contributed by atoms with Crippen molar-refractivity contribution in [2.75, 3.05) is 10.6 Å². The van der Waals surface area contributed by atoms with Crippen molar-refractivity contribution in [1.29, 1.82) is 0 Å². The number of aromatic nitrogens is 2. The largest absolute Gasteiger partial charge is 0.331 e. The van der Waals surface area contributed by atoms with Gasteiger partial charge in [-0.3, -0.25) is 10.1 Å². The van der Waals surface area contributed by atoms with Gasteiger partial charge < -0.3 is 4.98 Å². The van der Waals surface area contributed by atoms with Gasteiger partial charge in [0, 0.05) is 24.1 Å². The predicted octanol–water partition coefficient (Wildman–Crippen LogP) is 1.91. The number of nitrogens with zero attached hydrogens (tertiary/aromatic N) is 1. The molecular weight excluding hydrogens is 234 g/mol. The number of amides is 1. The van der Waals surface area contributed by atoms with Gasteiger partial charge >= 0.3 is 0 Å². The van der Waals surface area contributed by atoms with Crippen LogP contribution >= 0.6 is 15.9 Å². The minimum Gasteiger partial charge on any atom is -0.331 e. The molecule has 1 aromatic heterocycles. The van der Waals surface area contributed by atoms with E-state index in [0.717, 1.165) is 18.2 Å². The van der Waals surface area contributed by atoms with Crippen molar-refractivity contribution in [2.45, 2.75) is 19.3 Å². The summed E-state index contributed by atoms with van der Waals surface area (Å²) in [5, 5.41) is 3.61. The number of carbonyl (C=O) groups excluding carboxylic acids is 1. The minimum atomic E-state index is 0.0101. The monoisotopic (exact) mass is 245 g/mol. The molecule has 1 rings (SSSR count). The molecule has 0 spiro atoms. The van der Waals surface area contributed by atoms with Crippen molar-refractivity contribution in [3.8, 4) is 0 Å². The van der Waals surface area contributed by atoms with E-state index in [-0.39, 0.29) is 5.91 Å². The number of aromatic amines is 1. The highest BCUT2D eigenvalue weighted by molar-refractivity contribution is 9.09. The van der Waals surface area contributed by atoms with E-state index < -0.39 is 0 Å². The van der Waals surface area contributed by atoms with E-state index in [1.165, 1.54) is 0 Å². The summed E-state index contributed by atoms with van der Waals surface area (Å²) in [6, 6.07) is 0. The summed E-state index contributed by atoms with van der Waals surface area (Å²) in [6.45, 7) is 0. The number of anilines is 1. The molecule has 0 aliphatic heterocycles. The Balaban J connectivity index is 2.18. The summed E-state index contributed by atoms with van der Waals surface area (Å²) in [6.07, 6.45) is 5.75. The molecule has 1 heterocycles. The Morgan fingerprint density at radius 1 is 1.62 bits per heavy atom. The van der Waals surface area contributed by atoms with Crippen LogP contribution in [0.25, 0.3) is 0 Å². The first-order valence-corrected chi connectivity index (χ1v) is 5.30. The van der Waals surface area contributed by atoms with Crippen molar-refractivity contribution in [2.24, 2.45) is 0 Å². The Bertz CT molecular complexity index is 248. The van der Waals surface area contributed by atoms with Gasteiger partial charge in [-0.05, 0) is 12.8 Å². The molecule has 0 atom stereocenters. The normalized spacial score (nSPS) is 9.92. The number of nitrogens with one attached hydrogen (secondary N) is 2. The number of alkyl halides is 1. The highest BCUT2D eigenvalue weighted by Gasteiger charge is 2.02. The first kappa shape index (κ1) is 10.2. The second kappa shape index (κ2) is 5.75. The lowest BCUT2D eigenvalue weighted by Gasteiger charge is -1.99. The molecule has 72 valence electrons. The Hall–Kier alpha value is -0.840. The Kier molecular flexibility index (Phi) is 4.53. The molecule has 1 aromatic rings. The van der Waals surface area contributed by atoms with Gasteiger partial charge in [-0.25, -0.2) is 4.98 Å². The molecule has 0 bridgehead atoms. The number of hydrogen-bond donors (Lipinski definition) is 2. The van der Waals surface area contributed by atoms with E-state index in [4.69, 9.17) is 0 Å². The fourth-order valence-corrected chi connectivity index (χ4v) is 1.30. The van der Waals surface area contributed by atoms with Crippen molar-refractivity contribution < 1.29 is 4.79 Å². The lowest BCUT2D eigenvalue weighted by Crippen LogP contribution is -2.12. The fourth-order valence-electron chi connectivity index (χ4n) is 0.908.